The molecule has 1 aliphatic carbocycles. The molecule has 5 rings (SSSR count). The lowest BCUT2D eigenvalue weighted by molar-refractivity contribution is -0.140. The van der Waals surface area contributed by atoms with Gasteiger partial charge in [-0.1, -0.05) is 12.5 Å². The Hall–Kier alpha value is -3.98. The van der Waals surface area contributed by atoms with Crippen LogP contribution in [0.15, 0.2) is 59.6 Å². The number of hydrogen-bond donors (Lipinski definition) is 2. The van der Waals surface area contributed by atoms with E-state index in [1.807, 2.05) is 48.4 Å². The van der Waals surface area contributed by atoms with Gasteiger partial charge < -0.3 is 19.9 Å². The molecule has 38 heavy (non-hydrogen) atoms. The van der Waals surface area contributed by atoms with Crippen molar-refractivity contribution in [2.24, 2.45) is 10.9 Å². The molecule has 9 heteroatoms. The number of nitrogens with zero attached hydrogens (tertiary/aromatic N) is 5. The standard InChI is InChI=1S/C29H35N7O2/c1-4-26(38-3)23(18-30-2)22-8-9-24-25(17-22)33-29(32-24)34-27-16-20(10-11-31-27)19-35-12-14-36(15-13-35)28(37)21-6-5-7-21/h4,8-11,16-18,21H,2,5-7,12-15,19H2,1,3H3,(H2,31,32,33,34)/b23-18-,26-4+. The number of allylic oxidation sites excluding steroid dienone is 2. The van der Waals surface area contributed by atoms with Gasteiger partial charge in [0.2, 0.25) is 11.9 Å². The number of piperazine rings is 1. The van der Waals surface area contributed by atoms with Gasteiger partial charge in [-0.3, -0.25) is 14.7 Å². The average molecular weight is 514 g/mol. The molecule has 0 radical (unpaired) electrons. The summed E-state index contributed by atoms with van der Waals surface area (Å²) in [6.45, 7) is 9.75. The topological polar surface area (TPSA) is 98.7 Å². The van der Waals surface area contributed by atoms with Gasteiger partial charge in [0.1, 0.15) is 11.6 Å². The molecule has 3 aromatic rings. The van der Waals surface area contributed by atoms with Gasteiger partial charge in [-0.05, 0) is 68.0 Å². The Labute approximate surface area is 223 Å². The number of rotatable bonds is 9. The smallest absolute Gasteiger partial charge is 0.225 e. The maximum atomic E-state index is 12.5. The molecule has 0 spiro atoms. The van der Waals surface area contributed by atoms with Crippen molar-refractivity contribution in [1.29, 1.82) is 0 Å². The number of nitrogens with one attached hydrogen (secondary N) is 2. The fourth-order valence-corrected chi connectivity index (χ4v) is 5.05. The molecule has 1 saturated heterocycles. The van der Waals surface area contributed by atoms with Crippen molar-refractivity contribution in [1.82, 2.24) is 24.8 Å². The number of fused-ring (bicyclic) bond motifs is 1. The van der Waals surface area contributed by atoms with E-state index >= 15 is 0 Å². The number of hydrogen-bond acceptors (Lipinski definition) is 7. The summed E-state index contributed by atoms with van der Waals surface area (Å²) in [6.07, 6.45) is 8.73. The van der Waals surface area contributed by atoms with Gasteiger partial charge in [0.05, 0.1) is 18.1 Å². The third-order valence-corrected chi connectivity index (χ3v) is 7.38. The number of carbonyl (C=O) groups is 1. The van der Waals surface area contributed by atoms with Crippen LogP contribution in [0.25, 0.3) is 16.6 Å². The summed E-state index contributed by atoms with van der Waals surface area (Å²) in [4.78, 5) is 33.4. The first kappa shape index (κ1) is 25.7. The Morgan fingerprint density at radius 3 is 2.74 bits per heavy atom. The summed E-state index contributed by atoms with van der Waals surface area (Å²) in [5.74, 6) is 2.71. The van der Waals surface area contributed by atoms with E-state index in [4.69, 9.17) is 4.74 Å². The number of aliphatic imine (C=N–C) groups is 1. The summed E-state index contributed by atoms with van der Waals surface area (Å²) in [6, 6.07) is 10.1. The lowest BCUT2D eigenvalue weighted by Crippen LogP contribution is -2.50. The van der Waals surface area contributed by atoms with Gasteiger partial charge in [0.25, 0.3) is 0 Å². The van der Waals surface area contributed by atoms with Crippen molar-refractivity contribution in [3.05, 3.63) is 65.7 Å². The minimum atomic E-state index is 0.277. The molecule has 198 valence electrons. The van der Waals surface area contributed by atoms with E-state index in [0.29, 0.717) is 11.9 Å². The van der Waals surface area contributed by atoms with E-state index in [0.717, 1.165) is 79.3 Å². The molecule has 9 nitrogen and oxygen atoms in total. The second kappa shape index (κ2) is 11.6. The summed E-state index contributed by atoms with van der Waals surface area (Å²) in [7, 11) is 1.64. The molecule has 0 bridgehead atoms. The van der Waals surface area contributed by atoms with Gasteiger partial charge >= 0.3 is 0 Å². The molecule has 2 aromatic heterocycles. The lowest BCUT2D eigenvalue weighted by atomic mass is 9.84. The first-order chi connectivity index (χ1) is 18.6. The maximum Gasteiger partial charge on any atom is 0.225 e. The van der Waals surface area contributed by atoms with E-state index in [-0.39, 0.29) is 5.92 Å². The zero-order valence-corrected chi connectivity index (χ0v) is 22.1. The molecular formula is C29H35N7O2. The zero-order valence-electron chi connectivity index (χ0n) is 22.1. The number of H-pyrrole nitrogens is 1. The predicted molar refractivity (Wildman–Crippen MR) is 151 cm³/mol. The summed E-state index contributed by atoms with van der Waals surface area (Å²) < 4.78 is 5.50. The molecule has 1 saturated carbocycles. The minimum absolute atomic E-state index is 0.277. The number of anilines is 2. The Bertz CT molecular complexity index is 1360. The van der Waals surface area contributed by atoms with Crippen LogP contribution in [0, 0.1) is 5.92 Å². The lowest BCUT2D eigenvalue weighted by Gasteiger charge is -2.38. The van der Waals surface area contributed by atoms with Crippen molar-refractivity contribution in [3.63, 3.8) is 0 Å². The average Bonchev–Trinajstić information content (AvgIpc) is 3.30. The Kier molecular flexibility index (Phi) is 7.83. The molecule has 0 atom stereocenters. The third-order valence-electron chi connectivity index (χ3n) is 7.38. The molecule has 2 aliphatic rings. The second-order valence-electron chi connectivity index (χ2n) is 9.80. The van der Waals surface area contributed by atoms with Crippen LogP contribution < -0.4 is 5.32 Å². The van der Waals surface area contributed by atoms with Crippen LogP contribution in [0.4, 0.5) is 11.8 Å². The number of benzene rings is 1. The van der Waals surface area contributed by atoms with Crippen LogP contribution >= 0.6 is 0 Å². The Morgan fingerprint density at radius 2 is 2.05 bits per heavy atom. The summed E-state index contributed by atoms with van der Waals surface area (Å²) in [5, 5.41) is 3.31. The van der Waals surface area contributed by atoms with E-state index in [9.17, 15) is 4.79 Å². The van der Waals surface area contributed by atoms with Crippen molar-refractivity contribution in [2.75, 3.05) is 38.6 Å². The highest BCUT2D eigenvalue weighted by Crippen LogP contribution is 2.29. The Morgan fingerprint density at radius 1 is 1.24 bits per heavy atom. The minimum Gasteiger partial charge on any atom is -0.496 e. The fraction of sp³-hybridized carbons (Fsp3) is 0.379. The van der Waals surface area contributed by atoms with Crippen molar-refractivity contribution >= 4 is 41.0 Å². The van der Waals surface area contributed by atoms with E-state index in [1.165, 1.54) is 12.0 Å². The molecule has 1 aromatic carbocycles. The van der Waals surface area contributed by atoms with Crippen molar-refractivity contribution in [3.8, 4) is 0 Å². The summed E-state index contributed by atoms with van der Waals surface area (Å²) >= 11 is 0. The van der Waals surface area contributed by atoms with Crippen LogP contribution in [-0.4, -0.2) is 70.7 Å². The number of carbonyl (C=O) groups excluding carboxylic acids is 1. The zero-order chi connectivity index (χ0) is 26.5. The van der Waals surface area contributed by atoms with E-state index < -0.39 is 0 Å². The molecule has 1 amide bonds. The second-order valence-corrected chi connectivity index (χ2v) is 9.80. The van der Waals surface area contributed by atoms with E-state index in [1.54, 1.807) is 13.3 Å². The molecule has 3 heterocycles. The molecule has 0 unspecified atom stereocenters. The van der Waals surface area contributed by atoms with Gasteiger partial charge in [-0.25, -0.2) is 9.97 Å². The molecule has 1 aliphatic heterocycles. The third kappa shape index (κ3) is 5.62. The van der Waals surface area contributed by atoms with Gasteiger partial charge in [-0.2, -0.15) is 0 Å². The molecule has 2 fully saturated rings. The number of aromatic amines is 1. The number of imidazole rings is 1. The first-order valence-corrected chi connectivity index (χ1v) is 13.2. The number of methoxy groups -OCH3 is 1. The normalized spacial score (nSPS) is 17.4. The first-order valence-electron chi connectivity index (χ1n) is 13.2. The molecular weight excluding hydrogens is 478 g/mol. The van der Waals surface area contributed by atoms with Gasteiger partial charge in [0, 0.05) is 56.6 Å². The quantitative estimate of drug-likeness (QED) is 0.244. The fourth-order valence-electron chi connectivity index (χ4n) is 5.05. The highest BCUT2D eigenvalue weighted by Gasteiger charge is 2.31. The summed E-state index contributed by atoms with van der Waals surface area (Å²) in [5.41, 5.74) is 4.69. The van der Waals surface area contributed by atoms with Gasteiger partial charge in [-0.15, -0.1) is 0 Å². The maximum absolute atomic E-state index is 12.5. The highest BCUT2D eigenvalue weighted by atomic mass is 16.5. The predicted octanol–water partition coefficient (Wildman–Crippen LogP) is 4.74. The number of pyridine rings is 1. The largest absolute Gasteiger partial charge is 0.496 e. The van der Waals surface area contributed by atoms with Crippen LogP contribution in [0.1, 0.15) is 37.3 Å². The van der Waals surface area contributed by atoms with Crippen LogP contribution in [0.3, 0.4) is 0 Å². The van der Waals surface area contributed by atoms with Crippen molar-refractivity contribution < 1.29 is 9.53 Å². The number of ether oxygens (including phenoxy) is 1. The van der Waals surface area contributed by atoms with Crippen LogP contribution in [-0.2, 0) is 16.1 Å². The van der Waals surface area contributed by atoms with Gasteiger partial charge in [0.15, 0.2) is 0 Å². The Balaban J connectivity index is 1.23. The number of aromatic nitrogens is 3. The SMILES string of the molecule is C=N/C=C(\C(=C/C)OC)c1ccc2nc(Nc3cc(CN4CCN(C(=O)C5CCC5)CC4)ccn3)[nH]c2c1. The molecule has 2 N–H and O–H groups in total. The van der Waals surface area contributed by atoms with Crippen molar-refractivity contribution in [2.45, 2.75) is 32.7 Å². The van der Waals surface area contributed by atoms with E-state index in [2.05, 4.69) is 42.9 Å². The highest BCUT2D eigenvalue weighted by molar-refractivity contribution is 5.86. The number of amides is 1. The van der Waals surface area contributed by atoms with Crippen LogP contribution in [0.2, 0.25) is 0 Å². The monoisotopic (exact) mass is 513 g/mol. The van der Waals surface area contributed by atoms with Crippen LogP contribution in [0.5, 0.6) is 0 Å².